The number of rotatable bonds is 5. The highest BCUT2D eigenvalue weighted by Gasteiger charge is 2.14. The lowest BCUT2D eigenvalue weighted by molar-refractivity contribution is -0.684. The van der Waals surface area contributed by atoms with Gasteiger partial charge in [0, 0.05) is 6.07 Å². The summed E-state index contributed by atoms with van der Waals surface area (Å²) in [5.74, 6) is -0.934. The van der Waals surface area contributed by atoms with Crippen LogP contribution in [0, 0.1) is 11.6 Å². The number of hydrogen-bond acceptors (Lipinski definition) is 2. The lowest BCUT2D eigenvalue weighted by Crippen LogP contribution is -2.86. The minimum absolute atomic E-state index is 0.0342. The SMILES string of the molecule is C[C@@H]([NH2+]CC(=O)Nc1cc(F)ccc1F)c1ccco1. The van der Waals surface area contributed by atoms with Gasteiger partial charge in [-0.15, -0.1) is 0 Å². The highest BCUT2D eigenvalue weighted by atomic mass is 19.1. The quantitative estimate of drug-likeness (QED) is 0.878. The Morgan fingerprint density at radius 1 is 1.40 bits per heavy atom. The van der Waals surface area contributed by atoms with Crippen LogP contribution in [0.1, 0.15) is 18.7 Å². The second kappa shape index (κ2) is 6.29. The Labute approximate surface area is 114 Å². The Balaban J connectivity index is 1.88. The van der Waals surface area contributed by atoms with Gasteiger partial charge in [0.1, 0.15) is 17.7 Å². The Morgan fingerprint density at radius 2 is 2.20 bits per heavy atom. The number of hydrogen-bond donors (Lipinski definition) is 2. The molecule has 0 aliphatic heterocycles. The van der Waals surface area contributed by atoms with Crippen LogP contribution in [0.25, 0.3) is 0 Å². The van der Waals surface area contributed by atoms with E-state index >= 15 is 0 Å². The number of carbonyl (C=O) groups excluding carboxylic acids is 1. The van der Waals surface area contributed by atoms with Crippen molar-refractivity contribution < 1.29 is 23.3 Å². The van der Waals surface area contributed by atoms with E-state index in [1.165, 1.54) is 0 Å². The second-order valence-corrected chi connectivity index (χ2v) is 4.42. The Bertz CT molecular complexity index is 585. The zero-order chi connectivity index (χ0) is 14.5. The van der Waals surface area contributed by atoms with E-state index in [2.05, 4.69) is 5.32 Å². The van der Waals surface area contributed by atoms with Crippen molar-refractivity contribution in [1.82, 2.24) is 0 Å². The number of amides is 1. The van der Waals surface area contributed by atoms with Crippen molar-refractivity contribution in [3.8, 4) is 0 Å². The third kappa shape index (κ3) is 3.64. The summed E-state index contributed by atoms with van der Waals surface area (Å²) in [5, 5.41) is 4.08. The third-order valence-corrected chi connectivity index (χ3v) is 2.85. The first-order valence-electron chi connectivity index (χ1n) is 6.18. The molecule has 6 heteroatoms. The number of benzene rings is 1. The maximum absolute atomic E-state index is 13.3. The van der Waals surface area contributed by atoms with Crippen LogP contribution in [-0.4, -0.2) is 12.5 Å². The molecule has 0 unspecified atom stereocenters. The van der Waals surface area contributed by atoms with Gasteiger partial charge >= 0.3 is 0 Å². The van der Waals surface area contributed by atoms with Crippen LogP contribution in [0.3, 0.4) is 0 Å². The molecule has 2 aromatic rings. The van der Waals surface area contributed by atoms with Gasteiger partial charge in [0.05, 0.1) is 12.0 Å². The summed E-state index contributed by atoms with van der Waals surface area (Å²) in [6, 6.07) is 6.46. The van der Waals surface area contributed by atoms with Crippen LogP contribution in [0.15, 0.2) is 41.0 Å². The largest absolute Gasteiger partial charge is 0.463 e. The molecule has 0 fully saturated rings. The van der Waals surface area contributed by atoms with E-state index < -0.39 is 17.5 Å². The molecule has 0 aliphatic rings. The van der Waals surface area contributed by atoms with Gasteiger partial charge in [-0.2, -0.15) is 0 Å². The number of carbonyl (C=O) groups is 1. The summed E-state index contributed by atoms with van der Waals surface area (Å²) < 4.78 is 31.5. The molecule has 20 heavy (non-hydrogen) atoms. The molecule has 1 heterocycles. The van der Waals surface area contributed by atoms with Crippen molar-refractivity contribution in [2.75, 3.05) is 11.9 Å². The maximum atomic E-state index is 13.3. The first-order valence-corrected chi connectivity index (χ1v) is 6.18. The smallest absolute Gasteiger partial charge is 0.279 e. The van der Waals surface area contributed by atoms with Gasteiger partial charge < -0.3 is 15.1 Å². The summed E-state index contributed by atoms with van der Waals surface area (Å²) >= 11 is 0. The predicted molar refractivity (Wildman–Crippen MR) is 68.9 cm³/mol. The molecule has 0 bridgehead atoms. The fourth-order valence-corrected chi connectivity index (χ4v) is 1.74. The van der Waals surface area contributed by atoms with E-state index in [4.69, 9.17) is 4.42 Å². The van der Waals surface area contributed by atoms with E-state index in [9.17, 15) is 13.6 Å². The van der Waals surface area contributed by atoms with E-state index in [0.717, 1.165) is 24.0 Å². The van der Waals surface area contributed by atoms with E-state index in [1.807, 2.05) is 13.0 Å². The molecule has 1 aromatic heterocycles. The van der Waals surface area contributed by atoms with Crippen LogP contribution in [0.5, 0.6) is 0 Å². The van der Waals surface area contributed by atoms with Crippen molar-refractivity contribution in [1.29, 1.82) is 0 Å². The molecule has 1 atom stereocenters. The topological polar surface area (TPSA) is 58.9 Å². The van der Waals surface area contributed by atoms with Crippen molar-refractivity contribution >= 4 is 11.6 Å². The minimum atomic E-state index is -0.668. The van der Waals surface area contributed by atoms with E-state index in [-0.39, 0.29) is 18.3 Å². The number of furan rings is 1. The van der Waals surface area contributed by atoms with Gasteiger partial charge in [-0.05, 0) is 31.2 Å². The van der Waals surface area contributed by atoms with Crippen LogP contribution in [-0.2, 0) is 4.79 Å². The van der Waals surface area contributed by atoms with E-state index in [0.29, 0.717) is 0 Å². The van der Waals surface area contributed by atoms with Crippen molar-refractivity contribution in [2.45, 2.75) is 13.0 Å². The second-order valence-electron chi connectivity index (χ2n) is 4.42. The van der Waals surface area contributed by atoms with Crippen LogP contribution < -0.4 is 10.6 Å². The normalized spacial score (nSPS) is 12.2. The van der Waals surface area contributed by atoms with Crippen molar-refractivity contribution in [3.63, 3.8) is 0 Å². The molecule has 2 rings (SSSR count). The molecule has 0 saturated heterocycles. The molecule has 0 aliphatic carbocycles. The predicted octanol–water partition coefficient (Wildman–Crippen LogP) is 1.82. The molecular weight excluding hydrogens is 266 g/mol. The maximum Gasteiger partial charge on any atom is 0.279 e. The number of nitrogens with two attached hydrogens (primary N) is 1. The first-order chi connectivity index (χ1) is 9.56. The van der Waals surface area contributed by atoms with Crippen molar-refractivity contribution in [2.24, 2.45) is 0 Å². The zero-order valence-corrected chi connectivity index (χ0v) is 10.9. The summed E-state index contributed by atoms with van der Waals surface area (Å²) in [6.07, 6.45) is 1.56. The monoisotopic (exact) mass is 281 g/mol. The average molecular weight is 281 g/mol. The highest BCUT2D eigenvalue weighted by molar-refractivity contribution is 5.91. The van der Waals surface area contributed by atoms with Gasteiger partial charge in [-0.25, -0.2) is 8.78 Å². The van der Waals surface area contributed by atoms with Gasteiger partial charge in [0.25, 0.3) is 5.91 Å². The molecule has 3 N–H and O–H groups in total. The van der Waals surface area contributed by atoms with Gasteiger partial charge in [0.2, 0.25) is 0 Å². The number of halogens is 2. The van der Waals surface area contributed by atoms with Crippen LogP contribution >= 0.6 is 0 Å². The fraction of sp³-hybridized carbons (Fsp3) is 0.214. The lowest BCUT2D eigenvalue weighted by Gasteiger charge is -2.09. The fourth-order valence-electron chi connectivity index (χ4n) is 1.74. The molecule has 0 spiro atoms. The summed E-state index contributed by atoms with van der Waals surface area (Å²) in [5.41, 5.74) is -0.158. The molecule has 4 nitrogen and oxygen atoms in total. The zero-order valence-electron chi connectivity index (χ0n) is 10.9. The Kier molecular flexibility index (Phi) is 4.47. The lowest BCUT2D eigenvalue weighted by atomic mass is 10.2. The van der Waals surface area contributed by atoms with Crippen LogP contribution in [0.4, 0.5) is 14.5 Å². The Morgan fingerprint density at radius 3 is 2.90 bits per heavy atom. The van der Waals surface area contributed by atoms with Crippen LogP contribution in [0.2, 0.25) is 0 Å². The highest BCUT2D eigenvalue weighted by Crippen LogP contribution is 2.14. The summed E-state index contributed by atoms with van der Waals surface area (Å²) in [6.45, 7) is 1.96. The van der Waals surface area contributed by atoms with Crippen molar-refractivity contribution in [3.05, 3.63) is 54.0 Å². The molecule has 0 saturated carbocycles. The third-order valence-electron chi connectivity index (χ3n) is 2.85. The Hall–Kier alpha value is -2.21. The molecule has 1 amide bonds. The number of nitrogens with one attached hydrogen (secondary N) is 1. The number of quaternary nitrogens is 1. The first kappa shape index (κ1) is 14.2. The molecule has 0 radical (unpaired) electrons. The van der Waals surface area contributed by atoms with Gasteiger partial charge in [-0.3, -0.25) is 4.79 Å². The minimum Gasteiger partial charge on any atom is -0.463 e. The van der Waals surface area contributed by atoms with E-state index in [1.54, 1.807) is 17.6 Å². The van der Waals surface area contributed by atoms with Gasteiger partial charge in [0.15, 0.2) is 12.3 Å². The average Bonchev–Trinajstić information content (AvgIpc) is 2.94. The number of anilines is 1. The summed E-state index contributed by atoms with van der Waals surface area (Å²) in [4.78, 5) is 11.7. The molecular formula is C14H15F2N2O2+. The van der Waals surface area contributed by atoms with Gasteiger partial charge in [-0.1, -0.05) is 0 Å². The molecule has 1 aromatic carbocycles. The molecule has 106 valence electrons. The standard InChI is InChI=1S/C14H14F2N2O2/c1-9(13-3-2-6-20-13)17-8-14(19)18-12-7-10(15)4-5-11(12)16/h2-7,9,17H,8H2,1H3,(H,18,19)/p+1/t9-/m1/s1. The summed E-state index contributed by atoms with van der Waals surface area (Å²) in [7, 11) is 0.